The summed E-state index contributed by atoms with van der Waals surface area (Å²) in [5.74, 6) is 0.272. The molecule has 0 radical (unpaired) electrons. The molecule has 1 N–H and O–H groups in total. The van der Waals surface area contributed by atoms with Crippen molar-refractivity contribution < 1.29 is 9.50 Å². The zero-order valence-electron chi connectivity index (χ0n) is 8.76. The molecule has 0 spiro atoms. The van der Waals surface area contributed by atoms with E-state index < -0.39 is 6.10 Å². The van der Waals surface area contributed by atoms with E-state index in [-0.39, 0.29) is 5.82 Å². The Morgan fingerprint density at radius 1 is 1.19 bits per heavy atom. The van der Waals surface area contributed by atoms with Crippen LogP contribution in [-0.4, -0.2) is 15.1 Å². The molecule has 1 heterocycles. The summed E-state index contributed by atoms with van der Waals surface area (Å²) in [5.41, 5.74) is 1.12. The number of aryl methyl sites for hydroxylation is 1. The molecule has 1 atom stereocenters. The van der Waals surface area contributed by atoms with Crippen molar-refractivity contribution in [3.05, 3.63) is 59.4 Å². The van der Waals surface area contributed by atoms with Gasteiger partial charge in [-0.25, -0.2) is 14.4 Å². The monoisotopic (exact) mass is 218 g/mol. The van der Waals surface area contributed by atoms with Gasteiger partial charge >= 0.3 is 0 Å². The molecule has 1 aromatic heterocycles. The fourth-order valence-electron chi connectivity index (χ4n) is 1.44. The van der Waals surface area contributed by atoms with Crippen molar-refractivity contribution in [1.82, 2.24) is 9.97 Å². The number of aromatic nitrogens is 2. The summed E-state index contributed by atoms with van der Waals surface area (Å²) in [6.07, 6.45) is 0.743. The third-order valence-corrected chi connectivity index (χ3v) is 2.26. The fraction of sp³-hybridized carbons (Fsp3) is 0.167. The largest absolute Gasteiger partial charge is 0.382 e. The van der Waals surface area contributed by atoms with Gasteiger partial charge in [0.15, 0.2) is 0 Å². The average Bonchev–Trinajstić information content (AvgIpc) is 2.29. The van der Waals surface area contributed by atoms with Crippen molar-refractivity contribution in [1.29, 1.82) is 0 Å². The number of aliphatic hydroxyl groups is 1. The Morgan fingerprint density at radius 3 is 2.50 bits per heavy atom. The maximum atomic E-state index is 12.7. The van der Waals surface area contributed by atoms with E-state index >= 15 is 0 Å². The summed E-state index contributed by atoms with van der Waals surface area (Å²) in [6.45, 7) is 1.75. The summed E-state index contributed by atoms with van der Waals surface area (Å²) in [7, 11) is 0. The van der Waals surface area contributed by atoms with Crippen LogP contribution in [0.2, 0.25) is 0 Å². The molecular formula is C12H11FN2O. The second-order valence-corrected chi connectivity index (χ2v) is 3.48. The maximum Gasteiger partial charge on any atom is 0.125 e. The summed E-state index contributed by atoms with van der Waals surface area (Å²) in [4.78, 5) is 8.06. The molecule has 0 saturated carbocycles. The summed E-state index contributed by atoms with van der Waals surface area (Å²) < 4.78 is 12.7. The lowest BCUT2D eigenvalue weighted by Gasteiger charge is -2.10. The molecule has 82 valence electrons. The minimum atomic E-state index is -0.845. The smallest absolute Gasteiger partial charge is 0.125 e. The van der Waals surface area contributed by atoms with E-state index in [9.17, 15) is 9.50 Å². The van der Waals surface area contributed by atoms with Crippen LogP contribution in [0.3, 0.4) is 0 Å². The Hall–Kier alpha value is -1.81. The second-order valence-electron chi connectivity index (χ2n) is 3.48. The van der Waals surface area contributed by atoms with Gasteiger partial charge in [-0.2, -0.15) is 0 Å². The lowest BCUT2D eigenvalue weighted by molar-refractivity contribution is 0.214. The topological polar surface area (TPSA) is 46.0 Å². The van der Waals surface area contributed by atoms with E-state index in [4.69, 9.17) is 0 Å². The number of hydrogen-bond acceptors (Lipinski definition) is 3. The van der Waals surface area contributed by atoms with Crippen LogP contribution >= 0.6 is 0 Å². The average molecular weight is 218 g/mol. The highest BCUT2D eigenvalue weighted by atomic mass is 19.1. The van der Waals surface area contributed by atoms with Crippen molar-refractivity contribution in [3.63, 3.8) is 0 Å². The van der Waals surface area contributed by atoms with Crippen LogP contribution in [-0.2, 0) is 0 Å². The standard InChI is InChI=1S/C12H11FN2O/c1-8-14-7-6-11(15-8)12(16)9-2-4-10(13)5-3-9/h2-7,12,16H,1H3. The van der Waals surface area contributed by atoms with Gasteiger partial charge in [0.25, 0.3) is 0 Å². The number of nitrogens with zero attached hydrogens (tertiary/aromatic N) is 2. The van der Waals surface area contributed by atoms with Crippen LogP contribution in [0.1, 0.15) is 23.2 Å². The maximum absolute atomic E-state index is 12.7. The van der Waals surface area contributed by atoms with E-state index in [0.717, 1.165) is 0 Å². The van der Waals surface area contributed by atoms with E-state index in [2.05, 4.69) is 9.97 Å². The van der Waals surface area contributed by atoms with Gasteiger partial charge in [-0.15, -0.1) is 0 Å². The van der Waals surface area contributed by atoms with Gasteiger partial charge in [0, 0.05) is 6.20 Å². The van der Waals surface area contributed by atoms with Crippen molar-refractivity contribution in [3.8, 4) is 0 Å². The molecule has 0 fully saturated rings. The van der Waals surface area contributed by atoms with Gasteiger partial charge in [-0.1, -0.05) is 12.1 Å². The molecule has 0 aliphatic rings. The molecule has 0 aliphatic heterocycles. The van der Waals surface area contributed by atoms with Crippen molar-refractivity contribution in [2.45, 2.75) is 13.0 Å². The first-order chi connectivity index (χ1) is 7.66. The van der Waals surface area contributed by atoms with Gasteiger partial charge in [0.1, 0.15) is 17.7 Å². The van der Waals surface area contributed by atoms with Crippen molar-refractivity contribution in [2.75, 3.05) is 0 Å². The van der Waals surface area contributed by atoms with Crippen LogP contribution in [0.4, 0.5) is 4.39 Å². The Labute approximate surface area is 92.6 Å². The molecule has 3 nitrogen and oxygen atoms in total. The van der Waals surface area contributed by atoms with Crippen LogP contribution in [0.25, 0.3) is 0 Å². The second kappa shape index (κ2) is 4.37. The molecule has 1 aromatic carbocycles. The van der Waals surface area contributed by atoms with Crippen molar-refractivity contribution >= 4 is 0 Å². The van der Waals surface area contributed by atoms with Crippen LogP contribution in [0.15, 0.2) is 36.5 Å². The zero-order chi connectivity index (χ0) is 11.5. The van der Waals surface area contributed by atoms with E-state index in [1.807, 2.05) is 0 Å². The van der Waals surface area contributed by atoms with Gasteiger partial charge in [0.2, 0.25) is 0 Å². The van der Waals surface area contributed by atoms with E-state index in [1.165, 1.54) is 24.3 Å². The summed E-state index contributed by atoms with van der Waals surface area (Å²) in [5, 5.41) is 9.99. The summed E-state index contributed by atoms with van der Waals surface area (Å²) in [6, 6.07) is 7.34. The number of benzene rings is 1. The molecule has 0 saturated heterocycles. The molecule has 0 aliphatic carbocycles. The molecule has 0 amide bonds. The Balaban J connectivity index is 2.31. The lowest BCUT2D eigenvalue weighted by atomic mass is 10.1. The van der Waals surface area contributed by atoms with Gasteiger partial charge in [-0.3, -0.25) is 0 Å². The van der Waals surface area contributed by atoms with Crippen LogP contribution in [0.5, 0.6) is 0 Å². The quantitative estimate of drug-likeness (QED) is 0.838. The van der Waals surface area contributed by atoms with Gasteiger partial charge < -0.3 is 5.11 Å². The molecule has 4 heteroatoms. The van der Waals surface area contributed by atoms with E-state index in [1.54, 1.807) is 19.2 Å². The van der Waals surface area contributed by atoms with E-state index in [0.29, 0.717) is 17.1 Å². The Bertz CT molecular complexity index is 485. The van der Waals surface area contributed by atoms with Gasteiger partial charge in [0.05, 0.1) is 5.69 Å². The van der Waals surface area contributed by atoms with Crippen molar-refractivity contribution in [2.24, 2.45) is 0 Å². The fourth-order valence-corrected chi connectivity index (χ4v) is 1.44. The minimum Gasteiger partial charge on any atom is -0.382 e. The lowest BCUT2D eigenvalue weighted by Crippen LogP contribution is -2.04. The third kappa shape index (κ3) is 2.23. The SMILES string of the molecule is Cc1nccc(C(O)c2ccc(F)cc2)n1. The first-order valence-electron chi connectivity index (χ1n) is 4.90. The molecule has 16 heavy (non-hydrogen) atoms. The molecule has 1 unspecified atom stereocenters. The Kier molecular flexibility index (Phi) is 2.92. The minimum absolute atomic E-state index is 0.324. The number of rotatable bonds is 2. The normalized spacial score (nSPS) is 12.4. The Morgan fingerprint density at radius 2 is 1.88 bits per heavy atom. The predicted molar refractivity (Wildman–Crippen MR) is 57.2 cm³/mol. The highest BCUT2D eigenvalue weighted by Gasteiger charge is 2.11. The number of hydrogen-bond donors (Lipinski definition) is 1. The highest BCUT2D eigenvalue weighted by molar-refractivity contribution is 5.25. The zero-order valence-corrected chi connectivity index (χ0v) is 8.76. The third-order valence-electron chi connectivity index (χ3n) is 2.26. The van der Waals surface area contributed by atoms with Crippen LogP contribution < -0.4 is 0 Å². The number of aliphatic hydroxyl groups excluding tert-OH is 1. The van der Waals surface area contributed by atoms with Crippen LogP contribution in [0, 0.1) is 12.7 Å². The predicted octanol–water partition coefficient (Wildman–Crippen LogP) is 2.01. The number of halogens is 1. The van der Waals surface area contributed by atoms with Gasteiger partial charge in [-0.05, 0) is 30.7 Å². The molecule has 2 aromatic rings. The first-order valence-corrected chi connectivity index (χ1v) is 4.90. The molecule has 0 bridgehead atoms. The highest BCUT2D eigenvalue weighted by Crippen LogP contribution is 2.19. The molecular weight excluding hydrogens is 207 g/mol. The summed E-state index contributed by atoms with van der Waals surface area (Å²) >= 11 is 0. The first kappa shape index (κ1) is 10.7. The molecule has 2 rings (SSSR count).